The van der Waals surface area contributed by atoms with Gasteiger partial charge in [0.2, 0.25) is 0 Å². The Bertz CT molecular complexity index is 1040. The van der Waals surface area contributed by atoms with Crippen molar-refractivity contribution in [1.82, 2.24) is 0 Å². The number of piperidine rings is 1. The molecule has 4 rings (SSSR count). The zero-order chi connectivity index (χ0) is 21.8. The highest BCUT2D eigenvalue weighted by molar-refractivity contribution is 7.16. The van der Waals surface area contributed by atoms with E-state index in [1.807, 2.05) is 42.5 Å². The summed E-state index contributed by atoms with van der Waals surface area (Å²) in [7, 11) is 1.74. The molecule has 0 spiro atoms. The molecule has 0 unspecified atom stereocenters. The number of aryl methyl sites for hydroxylation is 1. The molecule has 0 bridgehead atoms. The fourth-order valence-electron chi connectivity index (χ4n) is 4.63. The lowest BCUT2D eigenvalue weighted by molar-refractivity contribution is -0.930. The predicted octanol–water partition coefficient (Wildman–Crippen LogP) is 4.78. The molecule has 3 aromatic rings. The van der Waals surface area contributed by atoms with E-state index >= 15 is 0 Å². The quantitative estimate of drug-likeness (QED) is 0.585. The van der Waals surface area contributed by atoms with Crippen molar-refractivity contribution in [2.24, 2.45) is 0 Å². The lowest BCUT2D eigenvalue weighted by Crippen LogP contribution is -3.13. The summed E-state index contributed by atoms with van der Waals surface area (Å²) in [6, 6.07) is 17.9. The molecular formula is C26H31N2O2S+. The molecule has 1 atom stereocenters. The summed E-state index contributed by atoms with van der Waals surface area (Å²) in [5.74, 6) is 0.852. The standard InChI is InChI=1S/C26H30N2O2S/c1-18-19(2)31-26(27-25(29)20-12-6-4-7-13-20)23(18)24(28-16-10-5-11-17-28)21-14-8-9-15-22(21)30-3/h4,6-9,12-15,24H,5,10-11,16-17H2,1-3H3,(H,27,29)/p+1/t24-/m1/s1. The van der Waals surface area contributed by atoms with Crippen molar-refractivity contribution in [3.63, 3.8) is 0 Å². The van der Waals surface area contributed by atoms with Crippen molar-refractivity contribution < 1.29 is 14.4 Å². The number of anilines is 1. The Hall–Kier alpha value is -2.63. The van der Waals surface area contributed by atoms with Crippen LogP contribution < -0.4 is 15.0 Å². The molecule has 0 saturated carbocycles. The Morgan fingerprint density at radius 3 is 2.39 bits per heavy atom. The van der Waals surface area contributed by atoms with E-state index in [1.165, 1.54) is 40.8 Å². The van der Waals surface area contributed by atoms with E-state index in [-0.39, 0.29) is 11.9 Å². The number of para-hydroxylation sites is 1. The number of methoxy groups -OCH3 is 1. The van der Waals surface area contributed by atoms with Gasteiger partial charge in [-0.15, -0.1) is 11.3 Å². The second kappa shape index (κ2) is 9.67. The van der Waals surface area contributed by atoms with E-state index in [4.69, 9.17) is 4.74 Å². The van der Waals surface area contributed by atoms with Crippen LogP contribution in [0.2, 0.25) is 0 Å². The minimum Gasteiger partial charge on any atom is -0.496 e. The van der Waals surface area contributed by atoms with Gasteiger partial charge >= 0.3 is 0 Å². The first-order chi connectivity index (χ1) is 15.1. The average Bonchev–Trinajstić information content (AvgIpc) is 3.09. The van der Waals surface area contributed by atoms with Crippen LogP contribution in [-0.2, 0) is 0 Å². The summed E-state index contributed by atoms with van der Waals surface area (Å²) in [5.41, 5.74) is 4.37. The monoisotopic (exact) mass is 435 g/mol. The fourth-order valence-corrected chi connectivity index (χ4v) is 5.72. The van der Waals surface area contributed by atoms with E-state index in [9.17, 15) is 4.79 Å². The van der Waals surface area contributed by atoms with Crippen LogP contribution in [0.5, 0.6) is 5.75 Å². The number of carbonyl (C=O) groups is 1. The molecule has 1 fully saturated rings. The number of hydrogen-bond acceptors (Lipinski definition) is 3. The summed E-state index contributed by atoms with van der Waals surface area (Å²) in [4.78, 5) is 15.8. The minimum atomic E-state index is -0.0597. The van der Waals surface area contributed by atoms with E-state index in [0.29, 0.717) is 5.56 Å². The molecule has 2 heterocycles. The number of ether oxygens (including phenoxy) is 1. The first-order valence-corrected chi connectivity index (χ1v) is 11.9. The van der Waals surface area contributed by atoms with Crippen molar-refractivity contribution in [2.45, 2.75) is 39.2 Å². The summed E-state index contributed by atoms with van der Waals surface area (Å²) >= 11 is 1.68. The van der Waals surface area contributed by atoms with E-state index in [1.54, 1.807) is 23.3 Å². The number of quaternary nitrogens is 1. The Kier molecular flexibility index (Phi) is 6.73. The second-order valence-electron chi connectivity index (χ2n) is 8.24. The molecule has 2 aromatic carbocycles. The van der Waals surface area contributed by atoms with Crippen LogP contribution in [0.25, 0.3) is 0 Å². The van der Waals surface area contributed by atoms with Gasteiger partial charge in [-0.3, -0.25) is 4.79 Å². The van der Waals surface area contributed by atoms with Crippen molar-refractivity contribution in [2.75, 3.05) is 25.5 Å². The van der Waals surface area contributed by atoms with Crippen LogP contribution in [0.1, 0.15) is 57.2 Å². The van der Waals surface area contributed by atoms with Gasteiger partial charge in [0.05, 0.1) is 31.3 Å². The van der Waals surface area contributed by atoms with E-state index in [0.717, 1.165) is 23.8 Å². The van der Waals surface area contributed by atoms with Crippen LogP contribution in [0, 0.1) is 13.8 Å². The summed E-state index contributed by atoms with van der Waals surface area (Å²) in [6.45, 7) is 6.59. The topological polar surface area (TPSA) is 42.8 Å². The zero-order valence-corrected chi connectivity index (χ0v) is 19.4. The molecule has 4 nitrogen and oxygen atoms in total. The van der Waals surface area contributed by atoms with Gasteiger partial charge < -0.3 is 15.0 Å². The van der Waals surface area contributed by atoms with Gasteiger partial charge in [-0.25, -0.2) is 0 Å². The van der Waals surface area contributed by atoms with Gasteiger partial charge in [-0.05, 0) is 62.9 Å². The average molecular weight is 436 g/mol. The number of carbonyl (C=O) groups excluding carboxylic acids is 1. The molecule has 2 N–H and O–H groups in total. The third-order valence-electron chi connectivity index (χ3n) is 6.34. The highest BCUT2D eigenvalue weighted by Gasteiger charge is 2.35. The van der Waals surface area contributed by atoms with Gasteiger partial charge in [0.1, 0.15) is 16.8 Å². The van der Waals surface area contributed by atoms with Crippen LogP contribution in [0.4, 0.5) is 5.00 Å². The zero-order valence-electron chi connectivity index (χ0n) is 18.5. The van der Waals surface area contributed by atoms with E-state index < -0.39 is 0 Å². The molecule has 162 valence electrons. The van der Waals surface area contributed by atoms with Crippen LogP contribution in [0.3, 0.4) is 0 Å². The number of nitrogens with one attached hydrogen (secondary N) is 2. The Balaban J connectivity index is 1.80. The number of likely N-dealkylation sites (tertiary alicyclic amines) is 1. The molecule has 1 aromatic heterocycles. The molecule has 1 aliphatic rings. The first-order valence-electron chi connectivity index (χ1n) is 11.0. The highest BCUT2D eigenvalue weighted by Crippen LogP contribution is 2.40. The molecule has 0 aliphatic carbocycles. The summed E-state index contributed by atoms with van der Waals surface area (Å²) in [5, 5.41) is 4.20. The summed E-state index contributed by atoms with van der Waals surface area (Å²) in [6.07, 6.45) is 3.76. The molecule has 0 radical (unpaired) electrons. The van der Waals surface area contributed by atoms with Crippen molar-refractivity contribution in [1.29, 1.82) is 0 Å². The van der Waals surface area contributed by atoms with Crippen LogP contribution in [0.15, 0.2) is 54.6 Å². The van der Waals surface area contributed by atoms with Crippen LogP contribution >= 0.6 is 11.3 Å². The Labute approximate surface area is 188 Å². The third kappa shape index (κ3) is 4.53. The van der Waals surface area contributed by atoms with E-state index in [2.05, 4.69) is 31.3 Å². The Morgan fingerprint density at radius 2 is 1.68 bits per heavy atom. The molecule has 1 amide bonds. The normalized spacial score (nSPS) is 15.5. The number of hydrogen-bond donors (Lipinski definition) is 2. The van der Waals surface area contributed by atoms with Gasteiger partial charge in [0, 0.05) is 10.4 Å². The number of amides is 1. The number of thiophene rings is 1. The number of benzene rings is 2. The maximum atomic E-state index is 13.0. The van der Waals surface area contributed by atoms with Crippen molar-refractivity contribution in [3.05, 3.63) is 81.7 Å². The lowest BCUT2D eigenvalue weighted by atomic mass is 9.92. The van der Waals surface area contributed by atoms with Gasteiger partial charge in [0.15, 0.2) is 0 Å². The lowest BCUT2D eigenvalue weighted by Gasteiger charge is -2.33. The molecule has 1 aliphatic heterocycles. The molecule has 1 saturated heterocycles. The smallest absolute Gasteiger partial charge is 0.256 e. The van der Waals surface area contributed by atoms with Gasteiger partial charge in [0.25, 0.3) is 5.91 Å². The van der Waals surface area contributed by atoms with Crippen molar-refractivity contribution >= 4 is 22.2 Å². The predicted molar refractivity (Wildman–Crippen MR) is 128 cm³/mol. The minimum absolute atomic E-state index is 0.0597. The van der Waals surface area contributed by atoms with Gasteiger partial charge in [-0.1, -0.05) is 30.3 Å². The Morgan fingerprint density at radius 1 is 1.00 bits per heavy atom. The largest absolute Gasteiger partial charge is 0.496 e. The molecule has 5 heteroatoms. The first kappa shape index (κ1) is 21.6. The number of rotatable bonds is 6. The van der Waals surface area contributed by atoms with Gasteiger partial charge in [-0.2, -0.15) is 0 Å². The molecular weight excluding hydrogens is 404 g/mol. The van der Waals surface area contributed by atoms with Crippen LogP contribution in [-0.4, -0.2) is 26.1 Å². The third-order valence-corrected chi connectivity index (χ3v) is 7.48. The maximum absolute atomic E-state index is 13.0. The summed E-state index contributed by atoms with van der Waals surface area (Å²) < 4.78 is 5.78. The second-order valence-corrected chi connectivity index (χ2v) is 9.46. The molecule has 31 heavy (non-hydrogen) atoms. The highest BCUT2D eigenvalue weighted by atomic mass is 32.1. The SMILES string of the molecule is COc1ccccc1[C@H](c1c(NC(=O)c2ccccc2)sc(C)c1C)[NH+]1CCCCC1. The fraction of sp³-hybridized carbons (Fsp3) is 0.346. The maximum Gasteiger partial charge on any atom is 0.256 e. The van der Waals surface area contributed by atoms with Crippen molar-refractivity contribution in [3.8, 4) is 5.75 Å².